The maximum atomic E-state index is 12.8. The number of carboxylic acids is 1. The quantitative estimate of drug-likeness (QED) is 0.322. The van der Waals surface area contributed by atoms with E-state index in [1.807, 2.05) is 47.0 Å². The first-order valence-electron chi connectivity index (χ1n) is 15.6. The number of carbonyl (C=O) groups is 1. The van der Waals surface area contributed by atoms with Crippen LogP contribution in [0.4, 0.5) is 11.6 Å². The van der Waals surface area contributed by atoms with E-state index < -0.39 is 17.7 Å². The number of anilines is 2. The van der Waals surface area contributed by atoms with Gasteiger partial charge < -0.3 is 19.6 Å². The second kappa shape index (κ2) is 11.9. The van der Waals surface area contributed by atoms with Gasteiger partial charge in [-0.15, -0.1) is 0 Å². The molecule has 0 amide bonds. The fourth-order valence-corrected chi connectivity index (χ4v) is 6.33. The van der Waals surface area contributed by atoms with Crippen LogP contribution in [0.5, 0.6) is 0 Å². The lowest BCUT2D eigenvalue weighted by molar-refractivity contribution is -0.160. The van der Waals surface area contributed by atoms with Crippen molar-refractivity contribution in [1.29, 1.82) is 0 Å². The molecule has 3 aromatic rings. The molecule has 1 aromatic carbocycles. The minimum absolute atomic E-state index is 0.250. The molecule has 1 saturated heterocycles. The molecule has 2 aromatic heterocycles. The summed E-state index contributed by atoms with van der Waals surface area (Å²) in [5, 5.41) is 10.5. The number of benzene rings is 1. The predicted octanol–water partition coefficient (Wildman–Crippen LogP) is 6.85. The Bertz CT molecular complexity index is 1480. The Labute approximate surface area is 256 Å². The van der Waals surface area contributed by atoms with Gasteiger partial charge >= 0.3 is 5.97 Å². The van der Waals surface area contributed by atoms with E-state index in [1.54, 1.807) is 0 Å². The Hall–Kier alpha value is -3.52. The van der Waals surface area contributed by atoms with Crippen LogP contribution in [0.25, 0.3) is 11.1 Å². The van der Waals surface area contributed by atoms with E-state index in [-0.39, 0.29) is 5.41 Å². The summed E-state index contributed by atoms with van der Waals surface area (Å²) in [6, 6.07) is 6.67. The van der Waals surface area contributed by atoms with Crippen molar-refractivity contribution in [2.75, 3.05) is 29.4 Å². The van der Waals surface area contributed by atoms with E-state index in [0.29, 0.717) is 11.3 Å². The molecule has 0 radical (unpaired) electrons. The number of pyridine rings is 1. The molecule has 1 atom stereocenters. The highest BCUT2D eigenvalue weighted by Crippen LogP contribution is 2.45. The first-order valence-corrected chi connectivity index (χ1v) is 15.6. The van der Waals surface area contributed by atoms with Crippen molar-refractivity contribution in [1.82, 2.24) is 15.0 Å². The fraction of sp³-hybridized carbons (Fsp3) is 0.543. The summed E-state index contributed by atoms with van der Waals surface area (Å²) in [7, 11) is 0. The summed E-state index contributed by atoms with van der Waals surface area (Å²) in [6.45, 7) is 19.7. The van der Waals surface area contributed by atoms with E-state index in [2.05, 4.69) is 58.7 Å². The number of ether oxygens (including phenoxy) is 1. The molecule has 1 unspecified atom stereocenters. The molecule has 230 valence electrons. The topological polar surface area (TPSA) is 91.7 Å². The largest absolute Gasteiger partial charge is 0.479 e. The molecular formula is C35H47N5O3. The highest BCUT2D eigenvalue weighted by molar-refractivity contribution is 5.88. The summed E-state index contributed by atoms with van der Waals surface area (Å²) in [5.41, 5.74) is 8.62. The average molecular weight is 586 g/mol. The Morgan fingerprint density at radius 3 is 2.30 bits per heavy atom. The van der Waals surface area contributed by atoms with Crippen LogP contribution >= 0.6 is 0 Å². The van der Waals surface area contributed by atoms with Gasteiger partial charge in [0.2, 0.25) is 5.95 Å². The van der Waals surface area contributed by atoms with Gasteiger partial charge in [-0.3, -0.25) is 4.98 Å². The number of rotatable bonds is 7. The molecule has 8 heteroatoms. The number of aromatic nitrogens is 3. The molecule has 4 heterocycles. The van der Waals surface area contributed by atoms with E-state index in [4.69, 9.17) is 9.72 Å². The van der Waals surface area contributed by atoms with Gasteiger partial charge in [-0.1, -0.05) is 39.0 Å². The number of fused-ring (bicyclic) bond motifs is 1. The second-order valence-corrected chi connectivity index (χ2v) is 13.9. The Morgan fingerprint density at radius 2 is 1.70 bits per heavy atom. The summed E-state index contributed by atoms with van der Waals surface area (Å²) in [5.74, 6) is -0.225. The molecule has 43 heavy (non-hydrogen) atoms. The Kier molecular flexibility index (Phi) is 8.54. The highest BCUT2D eigenvalue weighted by atomic mass is 16.5. The van der Waals surface area contributed by atoms with Crippen molar-refractivity contribution in [3.05, 3.63) is 64.2 Å². The predicted molar refractivity (Wildman–Crippen MR) is 172 cm³/mol. The molecule has 2 aliphatic heterocycles. The number of hydrogen-bond acceptors (Lipinski definition) is 7. The summed E-state index contributed by atoms with van der Waals surface area (Å²) in [6.07, 6.45) is 6.59. The van der Waals surface area contributed by atoms with Crippen LogP contribution in [0.15, 0.2) is 30.6 Å². The number of aliphatic carboxylic acids is 1. The van der Waals surface area contributed by atoms with Gasteiger partial charge in [0.1, 0.15) is 0 Å². The Balaban J connectivity index is 1.59. The van der Waals surface area contributed by atoms with Crippen LogP contribution in [0.1, 0.15) is 94.1 Å². The molecule has 2 aliphatic rings. The van der Waals surface area contributed by atoms with E-state index in [1.165, 1.54) is 11.1 Å². The minimum atomic E-state index is -1.12. The summed E-state index contributed by atoms with van der Waals surface area (Å²) in [4.78, 5) is 31.6. The number of carboxylic acid groups (broad SMARTS) is 1. The SMILES string of the molecule is CCc1cnc(N2CCc3cc(-c4c(C)nc(C)c(C(OC(C)(C)C)C(=O)O)c4N4CCC(C)(C)CC4)ccc3C2)nc1. The van der Waals surface area contributed by atoms with Crippen molar-refractivity contribution in [3.63, 3.8) is 0 Å². The van der Waals surface area contributed by atoms with Gasteiger partial charge in [0, 0.05) is 61.1 Å². The number of hydrogen-bond donors (Lipinski definition) is 1. The molecule has 8 nitrogen and oxygen atoms in total. The summed E-state index contributed by atoms with van der Waals surface area (Å²) < 4.78 is 6.24. The molecule has 0 spiro atoms. The van der Waals surface area contributed by atoms with Gasteiger partial charge in [-0.2, -0.15) is 0 Å². The third-order valence-electron chi connectivity index (χ3n) is 8.86. The van der Waals surface area contributed by atoms with Gasteiger partial charge in [0.05, 0.1) is 11.3 Å². The van der Waals surface area contributed by atoms with Gasteiger partial charge in [0.15, 0.2) is 6.10 Å². The third-order valence-corrected chi connectivity index (χ3v) is 8.86. The van der Waals surface area contributed by atoms with Crippen molar-refractivity contribution < 1.29 is 14.6 Å². The molecule has 0 bridgehead atoms. The lowest BCUT2D eigenvalue weighted by atomic mass is 9.81. The molecule has 0 saturated carbocycles. The van der Waals surface area contributed by atoms with Crippen LogP contribution in [-0.4, -0.2) is 51.3 Å². The normalized spacial score (nSPS) is 17.5. The Morgan fingerprint density at radius 1 is 1.02 bits per heavy atom. The minimum Gasteiger partial charge on any atom is -0.479 e. The van der Waals surface area contributed by atoms with Crippen LogP contribution in [0.3, 0.4) is 0 Å². The number of piperidine rings is 1. The van der Waals surface area contributed by atoms with Crippen LogP contribution in [0, 0.1) is 19.3 Å². The lowest BCUT2D eigenvalue weighted by Crippen LogP contribution is -2.39. The molecule has 5 rings (SSSR count). The highest BCUT2D eigenvalue weighted by Gasteiger charge is 2.36. The first-order chi connectivity index (χ1) is 20.3. The molecular weight excluding hydrogens is 538 g/mol. The van der Waals surface area contributed by atoms with Gasteiger partial charge in [-0.05, 0) is 88.0 Å². The number of nitrogens with zero attached hydrogens (tertiary/aromatic N) is 5. The summed E-state index contributed by atoms with van der Waals surface area (Å²) >= 11 is 0. The third kappa shape index (κ3) is 6.69. The average Bonchev–Trinajstić information content (AvgIpc) is 2.95. The monoisotopic (exact) mass is 585 g/mol. The first kappa shape index (κ1) is 30.9. The molecule has 1 N–H and O–H groups in total. The maximum absolute atomic E-state index is 12.8. The smallest absolute Gasteiger partial charge is 0.337 e. The molecule has 1 fully saturated rings. The van der Waals surface area contributed by atoms with Gasteiger partial charge in [-0.25, -0.2) is 14.8 Å². The van der Waals surface area contributed by atoms with Crippen molar-refractivity contribution in [3.8, 4) is 11.1 Å². The zero-order valence-corrected chi connectivity index (χ0v) is 27.1. The second-order valence-electron chi connectivity index (χ2n) is 13.9. The standard InChI is InChI=1S/C35H47N5O3/c1-9-24-19-36-33(37-20-24)40-15-12-25-18-26(10-11-27(25)21-40)28-22(2)38-23(3)29(31(32(41)42)43-34(4,5)6)30(28)39-16-13-35(7,8)14-17-39/h10-11,18-20,31H,9,12-17,21H2,1-8H3,(H,41,42). The van der Waals surface area contributed by atoms with Crippen molar-refractivity contribution in [2.45, 2.75) is 99.3 Å². The van der Waals surface area contributed by atoms with Crippen LogP contribution < -0.4 is 9.80 Å². The zero-order valence-electron chi connectivity index (χ0n) is 27.1. The van der Waals surface area contributed by atoms with E-state index in [9.17, 15) is 9.90 Å². The maximum Gasteiger partial charge on any atom is 0.337 e. The van der Waals surface area contributed by atoms with E-state index in [0.717, 1.165) is 85.9 Å². The zero-order chi connectivity index (χ0) is 31.1. The fourth-order valence-electron chi connectivity index (χ4n) is 6.33. The van der Waals surface area contributed by atoms with Crippen molar-refractivity contribution >= 4 is 17.6 Å². The van der Waals surface area contributed by atoms with Crippen LogP contribution in [0.2, 0.25) is 0 Å². The molecule has 0 aliphatic carbocycles. The van der Waals surface area contributed by atoms with Crippen molar-refractivity contribution in [2.24, 2.45) is 5.41 Å². The lowest BCUT2D eigenvalue weighted by Gasteiger charge is -2.41. The van der Waals surface area contributed by atoms with E-state index >= 15 is 0 Å². The van der Waals surface area contributed by atoms with Crippen LogP contribution in [-0.2, 0) is 28.9 Å². The van der Waals surface area contributed by atoms with Gasteiger partial charge in [0.25, 0.3) is 0 Å². The number of aryl methyl sites for hydroxylation is 3.